The zero-order chi connectivity index (χ0) is 15.8. The maximum atomic E-state index is 4.29. The third-order valence-corrected chi connectivity index (χ3v) is 4.25. The molecule has 0 saturated carbocycles. The summed E-state index contributed by atoms with van der Waals surface area (Å²) >= 11 is 0. The second-order valence-electron chi connectivity index (χ2n) is 6.05. The van der Waals surface area contributed by atoms with E-state index in [-0.39, 0.29) is 0 Å². The second-order valence-corrected chi connectivity index (χ2v) is 6.05. The molecule has 0 aromatic heterocycles. The van der Waals surface area contributed by atoms with Crippen molar-refractivity contribution in [3.05, 3.63) is 29.3 Å². The maximum absolute atomic E-state index is 4.29. The molecule has 0 amide bonds. The number of guanidine groups is 1. The van der Waals surface area contributed by atoms with E-state index in [2.05, 4.69) is 52.7 Å². The molecule has 4 heteroatoms. The van der Waals surface area contributed by atoms with Crippen LogP contribution in [0.25, 0.3) is 0 Å². The molecule has 0 unspecified atom stereocenters. The summed E-state index contributed by atoms with van der Waals surface area (Å²) in [6, 6.07) is 6.81. The van der Waals surface area contributed by atoms with Crippen molar-refractivity contribution in [3.8, 4) is 0 Å². The van der Waals surface area contributed by atoms with Crippen molar-refractivity contribution < 1.29 is 0 Å². The molecule has 2 N–H and O–H groups in total. The Hall–Kier alpha value is -1.71. The van der Waals surface area contributed by atoms with Crippen molar-refractivity contribution in [2.45, 2.75) is 45.6 Å². The van der Waals surface area contributed by atoms with Crippen molar-refractivity contribution >= 4 is 11.6 Å². The van der Waals surface area contributed by atoms with Crippen molar-refractivity contribution in [3.63, 3.8) is 0 Å². The molecule has 2 rings (SSSR count). The Morgan fingerprint density at radius 3 is 2.91 bits per heavy atom. The normalized spacial score (nSPS) is 14.7. The van der Waals surface area contributed by atoms with Gasteiger partial charge in [-0.05, 0) is 36.5 Å². The summed E-state index contributed by atoms with van der Waals surface area (Å²) in [5.74, 6) is 0.894. The van der Waals surface area contributed by atoms with Crippen LogP contribution in [0.2, 0.25) is 0 Å². The first kappa shape index (κ1) is 16.7. The Labute approximate surface area is 135 Å². The number of fused-ring (bicyclic) bond motifs is 1. The molecule has 0 spiro atoms. The molecule has 0 fully saturated rings. The van der Waals surface area contributed by atoms with Crippen molar-refractivity contribution in [1.29, 1.82) is 0 Å². The number of unbranched alkanes of at least 4 members (excludes halogenated alkanes) is 2. The third-order valence-electron chi connectivity index (χ3n) is 4.25. The molecule has 1 heterocycles. The van der Waals surface area contributed by atoms with Gasteiger partial charge in [0.2, 0.25) is 0 Å². The molecular formula is C18H30N4. The monoisotopic (exact) mass is 302 g/mol. The Kier molecular flexibility index (Phi) is 6.56. The molecule has 4 nitrogen and oxygen atoms in total. The van der Waals surface area contributed by atoms with E-state index in [0.29, 0.717) is 0 Å². The highest BCUT2D eigenvalue weighted by atomic mass is 15.2. The number of hydrogen-bond acceptors (Lipinski definition) is 2. The molecule has 0 bridgehead atoms. The summed E-state index contributed by atoms with van der Waals surface area (Å²) in [6.45, 7) is 5.20. The van der Waals surface area contributed by atoms with Gasteiger partial charge in [-0.2, -0.15) is 0 Å². The van der Waals surface area contributed by atoms with Crippen molar-refractivity contribution in [2.75, 3.05) is 32.1 Å². The van der Waals surface area contributed by atoms with Gasteiger partial charge in [0.05, 0.1) is 0 Å². The van der Waals surface area contributed by atoms with E-state index in [4.69, 9.17) is 0 Å². The van der Waals surface area contributed by atoms with E-state index >= 15 is 0 Å². The van der Waals surface area contributed by atoms with E-state index in [1.54, 1.807) is 0 Å². The Balaban J connectivity index is 1.85. The summed E-state index contributed by atoms with van der Waals surface area (Å²) in [5.41, 5.74) is 4.18. The van der Waals surface area contributed by atoms with Gasteiger partial charge in [0.15, 0.2) is 5.96 Å². The van der Waals surface area contributed by atoms with E-state index in [0.717, 1.165) is 19.0 Å². The lowest BCUT2D eigenvalue weighted by atomic mass is 9.99. The van der Waals surface area contributed by atoms with E-state index in [1.807, 2.05) is 7.05 Å². The molecule has 1 aromatic carbocycles. The van der Waals surface area contributed by atoms with Gasteiger partial charge in [-0.3, -0.25) is 4.99 Å². The largest absolute Gasteiger partial charge is 0.374 e. The SMILES string of the molecule is CCCCCNC(=NC)NCc1ccc2c(c1)CCCN2C. The Morgan fingerprint density at radius 1 is 1.27 bits per heavy atom. The van der Waals surface area contributed by atoms with Crippen LogP contribution in [-0.4, -0.2) is 33.1 Å². The number of hydrogen-bond donors (Lipinski definition) is 2. The first-order chi connectivity index (χ1) is 10.7. The summed E-state index contributed by atoms with van der Waals surface area (Å²) in [4.78, 5) is 6.64. The fourth-order valence-corrected chi connectivity index (χ4v) is 2.94. The first-order valence-corrected chi connectivity index (χ1v) is 8.52. The quantitative estimate of drug-likeness (QED) is 0.482. The van der Waals surface area contributed by atoms with Gasteiger partial charge in [0.25, 0.3) is 0 Å². The fourth-order valence-electron chi connectivity index (χ4n) is 2.94. The highest BCUT2D eigenvalue weighted by Crippen LogP contribution is 2.26. The maximum Gasteiger partial charge on any atom is 0.191 e. The number of benzene rings is 1. The summed E-state index contributed by atoms with van der Waals surface area (Å²) < 4.78 is 0. The lowest BCUT2D eigenvalue weighted by molar-refractivity contribution is 0.682. The second kappa shape index (κ2) is 8.66. The minimum Gasteiger partial charge on any atom is -0.374 e. The van der Waals surface area contributed by atoms with Gasteiger partial charge < -0.3 is 15.5 Å². The molecule has 0 radical (unpaired) electrons. The molecule has 1 aliphatic rings. The number of nitrogens with zero attached hydrogens (tertiary/aromatic N) is 2. The minimum atomic E-state index is 0.824. The standard InChI is InChI=1S/C18H30N4/c1-4-5-6-11-20-18(19-2)21-14-15-9-10-17-16(13-15)8-7-12-22(17)3/h9-10,13H,4-8,11-12,14H2,1-3H3,(H2,19,20,21). The van der Waals surface area contributed by atoms with E-state index < -0.39 is 0 Å². The van der Waals surface area contributed by atoms with Crippen LogP contribution < -0.4 is 15.5 Å². The number of nitrogens with one attached hydrogen (secondary N) is 2. The summed E-state index contributed by atoms with van der Waals surface area (Å²) in [5, 5.41) is 6.78. The predicted octanol–water partition coefficient (Wildman–Crippen LogP) is 2.92. The smallest absolute Gasteiger partial charge is 0.191 e. The molecule has 0 saturated heterocycles. The van der Waals surface area contributed by atoms with E-state index in [9.17, 15) is 0 Å². The number of rotatable bonds is 6. The summed E-state index contributed by atoms with van der Waals surface area (Å²) in [7, 11) is 4.01. The topological polar surface area (TPSA) is 39.7 Å². The Morgan fingerprint density at radius 2 is 2.14 bits per heavy atom. The van der Waals surface area contributed by atoms with Crippen LogP contribution >= 0.6 is 0 Å². The molecule has 0 aliphatic carbocycles. The molecular weight excluding hydrogens is 272 g/mol. The predicted molar refractivity (Wildman–Crippen MR) is 95.8 cm³/mol. The minimum absolute atomic E-state index is 0.824. The van der Waals surface area contributed by atoms with Crippen LogP contribution in [0.1, 0.15) is 43.7 Å². The van der Waals surface area contributed by atoms with Crippen LogP contribution in [-0.2, 0) is 13.0 Å². The van der Waals surface area contributed by atoms with Crippen molar-refractivity contribution in [2.24, 2.45) is 4.99 Å². The van der Waals surface area contributed by atoms with Crippen LogP contribution in [0.15, 0.2) is 23.2 Å². The Bertz CT molecular complexity index is 496. The summed E-state index contributed by atoms with van der Waals surface area (Å²) in [6.07, 6.45) is 6.15. The van der Waals surface area contributed by atoms with E-state index in [1.165, 1.54) is 55.5 Å². The first-order valence-electron chi connectivity index (χ1n) is 8.52. The van der Waals surface area contributed by atoms with Gasteiger partial charge >= 0.3 is 0 Å². The van der Waals surface area contributed by atoms with Gasteiger partial charge in [-0.25, -0.2) is 0 Å². The molecule has 0 atom stereocenters. The van der Waals surface area contributed by atoms with Crippen LogP contribution in [0.4, 0.5) is 5.69 Å². The average molecular weight is 302 g/mol. The van der Waals surface area contributed by atoms with Gasteiger partial charge in [0.1, 0.15) is 0 Å². The van der Waals surface area contributed by atoms with Crippen LogP contribution in [0.5, 0.6) is 0 Å². The van der Waals surface area contributed by atoms with Gasteiger partial charge in [0, 0.05) is 39.4 Å². The lowest BCUT2D eigenvalue weighted by Crippen LogP contribution is -2.37. The lowest BCUT2D eigenvalue weighted by Gasteiger charge is -2.28. The molecule has 1 aliphatic heterocycles. The fraction of sp³-hybridized carbons (Fsp3) is 0.611. The van der Waals surface area contributed by atoms with Crippen LogP contribution in [0, 0.1) is 0 Å². The third kappa shape index (κ3) is 4.65. The van der Waals surface area contributed by atoms with Gasteiger partial charge in [-0.1, -0.05) is 31.9 Å². The molecule has 122 valence electrons. The average Bonchev–Trinajstić information content (AvgIpc) is 2.54. The molecule has 1 aromatic rings. The zero-order valence-corrected chi connectivity index (χ0v) is 14.3. The van der Waals surface area contributed by atoms with Crippen LogP contribution in [0.3, 0.4) is 0 Å². The number of aryl methyl sites for hydroxylation is 1. The molecule has 22 heavy (non-hydrogen) atoms. The number of aliphatic imine (C=N–C) groups is 1. The van der Waals surface area contributed by atoms with Crippen molar-refractivity contribution in [1.82, 2.24) is 10.6 Å². The highest BCUT2D eigenvalue weighted by Gasteiger charge is 2.13. The highest BCUT2D eigenvalue weighted by molar-refractivity contribution is 5.79. The van der Waals surface area contributed by atoms with Gasteiger partial charge in [-0.15, -0.1) is 0 Å². The number of anilines is 1. The zero-order valence-electron chi connectivity index (χ0n) is 14.3.